The Morgan fingerprint density at radius 2 is 1.74 bits per heavy atom. The average Bonchev–Trinajstić information content (AvgIpc) is 3.13. The third-order valence-corrected chi connectivity index (χ3v) is 4.41. The number of aliphatic hydroxyl groups is 1. The minimum absolute atomic E-state index is 0.130. The number of rotatable bonds is 5. The molecule has 1 unspecified atom stereocenters. The average molecular weight is 391 g/mol. The number of carbonyl (C=O) groups excluding carboxylic acids is 2. The quantitative estimate of drug-likeness (QED) is 0.675. The minimum atomic E-state index is -1.38. The molecule has 2 amide bonds. The molecule has 0 saturated carbocycles. The fraction of sp³-hybridized carbons (Fsp3) is 0.263. The molecular formula is C19H19ClN2O5. The van der Waals surface area contributed by atoms with Gasteiger partial charge in [0, 0.05) is 11.6 Å². The van der Waals surface area contributed by atoms with E-state index in [1.807, 2.05) is 0 Å². The molecule has 27 heavy (non-hydrogen) atoms. The largest absolute Gasteiger partial charge is 0.454 e. The number of halogens is 1. The lowest BCUT2D eigenvalue weighted by Gasteiger charge is -2.24. The van der Waals surface area contributed by atoms with Crippen LogP contribution < -0.4 is 20.1 Å². The molecule has 2 aromatic rings. The third kappa shape index (κ3) is 4.69. The molecule has 1 aliphatic rings. The van der Waals surface area contributed by atoms with E-state index in [9.17, 15) is 14.7 Å². The summed E-state index contributed by atoms with van der Waals surface area (Å²) in [6.45, 7) is 1.73. The number of hydrogen-bond acceptors (Lipinski definition) is 5. The molecule has 0 fully saturated rings. The molecule has 1 heterocycles. The molecule has 3 N–H and O–H groups in total. The standard InChI is InChI=1S/C19H19ClN2O5/c1-19(25,13-4-7-15-16(8-13)27-11-26-15)10-22-18(24)17(23)21-9-12-2-5-14(20)6-3-12/h2-8,25H,9-11H2,1H3,(H,21,23)(H,22,24). The SMILES string of the molecule is CC(O)(CNC(=O)C(=O)NCc1ccc(Cl)cc1)c1ccc2c(c1)OCO2. The van der Waals surface area contributed by atoms with Gasteiger partial charge in [-0.3, -0.25) is 9.59 Å². The summed E-state index contributed by atoms with van der Waals surface area (Å²) in [6, 6.07) is 11.9. The van der Waals surface area contributed by atoms with Crippen LogP contribution in [0.4, 0.5) is 0 Å². The van der Waals surface area contributed by atoms with Crippen molar-refractivity contribution in [2.24, 2.45) is 0 Å². The summed E-state index contributed by atoms with van der Waals surface area (Å²) in [5.41, 5.74) is -0.0332. The van der Waals surface area contributed by atoms with E-state index in [0.717, 1.165) is 5.56 Å². The van der Waals surface area contributed by atoms with Crippen LogP contribution in [0.15, 0.2) is 42.5 Å². The molecule has 0 bridgehead atoms. The molecule has 0 aromatic heterocycles. The van der Waals surface area contributed by atoms with Gasteiger partial charge < -0.3 is 25.2 Å². The number of hydrogen-bond donors (Lipinski definition) is 3. The summed E-state index contributed by atoms with van der Waals surface area (Å²) in [7, 11) is 0. The van der Waals surface area contributed by atoms with Gasteiger partial charge in [-0.1, -0.05) is 29.8 Å². The van der Waals surface area contributed by atoms with E-state index >= 15 is 0 Å². The Hall–Kier alpha value is -2.77. The lowest BCUT2D eigenvalue weighted by atomic mass is 9.95. The number of fused-ring (bicyclic) bond motifs is 1. The van der Waals surface area contributed by atoms with E-state index in [1.54, 1.807) is 42.5 Å². The van der Waals surface area contributed by atoms with Gasteiger partial charge >= 0.3 is 11.8 Å². The van der Waals surface area contributed by atoms with E-state index in [-0.39, 0.29) is 19.9 Å². The van der Waals surface area contributed by atoms with Gasteiger partial charge in [-0.15, -0.1) is 0 Å². The normalized spacial score (nSPS) is 14.3. The first-order valence-electron chi connectivity index (χ1n) is 8.28. The predicted octanol–water partition coefficient (Wildman–Crippen LogP) is 1.71. The van der Waals surface area contributed by atoms with Crippen molar-refractivity contribution in [3.05, 3.63) is 58.6 Å². The van der Waals surface area contributed by atoms with Gasteiger partial charge in [-0.25, -0.2) is 0 Å². The lowest BCUT2D eigenvalue weighted by molar-refractivity contribution is -0.139. The second-order valence-corrected chi connectivity index (χ2v) is 6.77. The van der Waals surface area contributed by atoms with Gasteiger partial charge in [-0.2, -0.15) is 0 Å². The Kier molecular flexibility index (Phi) is 5.53. The zero-order chi connectivity index (χ0) is 19.4. The highest BCUT2D eigenvalue weighted by molar-refractivity contribution is 6.35. The van der Waals surface area contributed by atoms with E-state index in [4.69, 9.17) is 21.1 Å². The molecule has 142 valence electrons. The first-order chi connectivity index (χ1) is 12.8. The summed E-state index contributed by atoms with van der Waals surface area (Å²) in [5, 5.41) is 16.2. The van der Waals surface area contributed by atoms with Gasteiger partial charge in [0.1, 0.15) is 5.60 Å². The van der Waals surface area contributed by atoms with Gasteiger partial charge in [0.2, 0.25) is 6.79 Å². The van der Waals surface area contributed by atoms with Gasteiger partial charge in [-0.05, 0) is 42.3 Å². The Labute approximate surface area is 161 Å². The van der Waals surface area contributed by atoms with Crippen molar-refractivity contribution in [3.63, 3.8) is 0 Å². The first kappa shape index (κ1) is 19.0. The molecule has 0 spiro atoms. The van der Waals surface area contributed by atoms with Crippen molar-refractivity contribution < 1.29 is 24.2 Å². The highest BCUT2D eigenvalue weighted by Crippen LogP contribution is 2.35. The van der Waals surface area contributed by atoms with E-state index in [0.29, 0.717) is 22.1 Å². The van der Waals surface area contributed by atoms with Crippen molar-refractivity contribution in [1.29, 1.82) is 0 Å². The maximum absolute atomic E-state index is 12.0. The molecule has 1 atom stereocenters. The maximum Gasteiger partial charge on any atom is 0.309 e. The molecule has 0 saturated heterocycles. The third-order valence-electron chi connectivity index (χ3n) is 4.16. The topological polar surface area (TPSA) is 96.9 Å². The smallest absolute Gasteiger partial charge is 0.309 e. The highest BCUT2D eigenvalue weighted by Gasteiger charge is 2.27. The van der Waals surface area contributed by atoms with Crippen LogP contribution in [-0.4, -0.2) is 30.3 Å². The summed E-state index contributed by atoms with van der Waals surface area (Å²) >= 11 is 5.80. The minimum Gasteiger partial charge on any atom is -0.454 e. The van der Waals surface area contributed by atoms with Crippen molar-refractivity contribution in [1.82, 2.24) is 10.6 Å². The first-order valence-corrected chi connectivity index (χ1v) is 8.66. The van der Waals surface area contributed by atoms with Crippen LogP contribution in [0.3, 0.4) is 0 Å². The van der Waals surface area contributed by atoms with Gasteiger partial charge in [0.05, 0.1) is 6.54 Å². The predicted molar refractivity (Wildman–Crippen MR) is 98.4 cm³/mol. The van der Waals surface area contributed by atoms with Crippen LogP contribution in [-0.2, 0) is 21.7 Å². The van der Waals surface area contributed by atoms with Gasteiger partial charge in [0.25, 0.3) is 0 Å². The number of nitrogens with one attached hydrogen (secondary N) is 2. The van der Waals surface area contributed by atoms with Crippen LogP contribution in [0, 0.1) is 0 Å². The Balaban J connectivity index is 1.52. The fourth-order valence-electron chi connectivity index (χ4n) is 2.53. The monoisotopic (exact) mass is 390 g/mol. The zero-order valence-electron chi connectivity index (χ0n) is 14.6. The lowest BCUT2D eigenvalue weighted by Crippen LogP contribution is -2.45. The van der Waals surface area contributed by atoms with Crippen LogP contribution in [0.25, 0.3) is 0 Å². The molecule has 1 aliphatic heterocycles. The molecular weight excluding hydrogens is 372 g/mol. The van der Waals surface area contributed by atoms with E-state index in [2.05, 4.69) is 10.6 Å². The van der Waals surface area contributed by atoms with Crippen molar-refractivity contribution in [2.75, 3.05) is 13.3 Å². The molecule has 8 heteroatoms. The second kappa shape index (κ2) is 7.85. The molecule has 2 aromatic carbocycles. The Bertz CT molecular complexity index is 852. The van der Waals surface area contributed by atoms with E-state index in [1.165, 1.54) is 6.92 Å². The van der Waals surface area contributed by atoms with Crippen LogP contribution in [0.5, 0.6) is 11.5 Å². The fourth-order valence-corrected chi connectivity index (χ4v) is 2.66. The Morgan fingerprint density at radius 3 is 2.48 bits per heavy atom. The number of ether oxygens (including phenoxy) is 2. The molecule has 0 aliphatic carbocycles. The maximum atomic E-state index is 12.0. The van der Waals surface area contributed by atoms with E-state index < -0.39 is 17.4 Å². The van der Waals surface area contributed by atoms with Gasteiger partial charge in [0.15, 0.2) is 11.5 Å². The van der Waals surface area contributed by atoms with Crippen molar-refractivity contribution in [3.8, 4) is 11.5 Å². The van der Waals surface area contributed by atoms with Crippen LogP contribution in [0.2, 0.25) is 5.02 Å². The highest BCUT2D eigenvalue weighted by atomic mass is 35.5. The summed E-state index contributed by atoms with van der Waals surface area (Å²) < 4.78 is 10.5. The second-order valence-electron chi connectivity index (χ2n) is 6.33. The molecule has 0 radical (unpaired) electrons. The summed E-state index contributed by atoms with van der Waals surface area (Å²) in [4.78, 5) is 23.9. The molecule has 3 rings (SSSR count). The Morgan fingerprint density at radius 1 is 1.07 bits per heavy atom. The van der Waals surface area contributed by atoms with Crippen molar-refractivity contribution in [2.45, 2.75) is 19.1 Å². The van der Waals surface area contributed by atoms with Crippen molar-refractivity contribution >= 4 is 23.4 Å². The zero-order valence-corrected chi connectivity index (χ0v) is 15.4. The van der Waals surface area contributed by atoms with Crippen LogP contribution in [0.1, 0.15) is 18.1 Å². The summed E-state index contributed by atoms with van der Waals surface area (Å²) in [6.07, 6.45) is 0. The molecule has 7 nitrogen and oxygen atoms in total. The number of amides is 2. The number of benzene rings is 2. The van der Waals surface area contributed by atoms with Crippen LogP contribution >= 0.6 is 11.6 Å². The number of carbonyl (C=O) groups is 2. The summed E-state index contributed by atoms with van der Waals surface area (Å²) in [5.74, 6) is -0.489.